The van der Waals surface area contributed by atoms with Gasteiger partial charge in [-0.15, -0.1) is 0 Å². The Hall–Kier alpha value is -0.980. The van der Waals surface area contributed by atoms with Crippen LogP contribution in [0.1, 0.15) is 26.3 Å². The summed E-state index contributed by atoms with van der Waals surface area (Å²) in [5, 5.41) is 0. The van der Waals surface area contributed by atoms with Crippen molar-refractivity contribution >= 4 is 5.69 Å². The fraction of sp³-hybridized carbons (Fsp3) is 0.455. The summed E-state index contributed by atoms with van der Waals surface area (Å²) in [5.41, 5.74) is 8.20. The van der Waals surface area contributed by atoms with Crippen LogP contribution in [-0.2, 0) is 6.42 Å². The number of benzene rings is 1. The van der Waals surface area contributed by atoms with E-state index in [-0.39, 0.29) is 0 Å². The van der Waals surface area contributed by atoms with E-state index in [4.69, 9.17) is 5.73 Å². The molecule has 0 radical (unpaired) electrons. The van der Waals surface area contributed by atoms with E-state index >= 15 is 0 Å². The summed E-state index contributed by atoms with van der Waals surface area (Å²) in [6, 6.07) is 8.11. The monoisotopic (exact) mass is 163 g/mol. The maximum absolute atomic E-state index is 5.68. The topological polar surface area (TPSA) is 26.0 Å². The Morgan fingerprint density at radius 2 is 1.92 bits per heavy atom. The van der Waals surface area contributed by atoms with Crippen LogP contribution in [0.5, 0.6) is 0 Å². The normalized spacial score (nSPS) is 11.6. The smallest absolute Gasteiger partial charge is 0.0316 e. The van der Waals surface area contributed by atoms with Crippen LogP contribution in [0.25, 0.3) is 0 Å². The van der Waals surface area contributed by atoms with Gasteiger partial charge in [0.2, 0.25) is 0 Å². The van der Waals surface area contributed by atoms with Crippen LogP contribution in [0.15, 0.2) is 24.3 Å². The van der Waals surface area contributed by atoms with E-state index in [9.17, 15) is 0 Å². The molecule has 0 spiro atoms. The Balaban J connectivity index is 2.77. The third-order valence-electron chi connectivity index (χ3n) is 1.69. The van der Waals surface area contributed by atoms with Crippen molar-refractivity contribution in [3.05, 3.63) is 29.8 Å². The molecular weight excluding hydrogens is 146 g/mol. The minimum Gasteiger partial charge on any atom is -0.399 e. The van der Waals surface area contributed by atoms with Crippen molar-refractivity contribution in [2.75, 3.05) is 5.73 Å². The molecule has 0 saturated carbocycles. The molecule has 0 saturated heterocycles. The van der Waals surface area contributed by atoms with Gasteiger partial charge in [-0.3, -0.25) is 0 Å². The molecule has 1 aromatic rings. The molecule has 0 aliphatic carbocycles. The molecule has 0 amide bonds. The summed E-state index contributed by atoms with van der Waals surface area (Å²) in [4.78, 5) is 0. The minimum atomic E-state index is 0.341. The Bertz CT molecular complexity index is 258. The maximum Gasteiger partial charge on any atom is 0.0316 e. The summed E-state index contributed by atoms with van der Waals surface area (Å²) >= 11 is 0. The fourth-order valence-electron chi connectivity index (χ4n) is 1.32. The van der Waals surface area contributed by atoms with Gasteiger partial charge in [-0.2, -0.15) is 0 Å². The van der Waals surface area contributed by atoms with Gasteiger partial charge >= 0.3 is 0 Å². The van der Waals surface area contributed by atoms with Crippen molar-refractivity contribution in [2.45, 2.75) is 27.2 Å². The highest BCUT2D eigenvalue weighted by molar-refractivity contribution is 5.40. The molecule has 12 heavy (non-hydrogen) atoms. The van der Waals surface area contributed by atoms with Gasteiger partial charge < -0.3 is 5.73 Å². The zero-order valence-corrected chi connectivity index (χ0v) is 8.09. The molecule has 0 heterocycles. The number of rotatable bonds is 1. The zero-order chi connectivity index (χ0) is 9.19. The SMILES string of the molecule is CC(C)(C)Cc1cccc(N)c1. The average Bonchev–Trinajstić information content (AvgIpc) is 1.82. The number of nitrogens with two attached hydrogens (primary N) is 1. The highest BCUT2D eigenvalue weighted by Gasteiger charge is 2.10. The summed E-state index contributed by atoms with van der Waals surface area (Å²) in [6.45, 7) is 6.70. The van der Waals surface area contributed by atoms with E-state index in [0.29, 0.717) is 5.41 Å². The molecular formula is C11H17N. The number of hydrogen-bond donors (Lipinski definition) is 1. The lowest BCUT2D eigenvalue weighted by atomic mass is 9.88. The zero-order valence-electron chi connectivity index (χ0n) is 8.09. The van der Waals surface area contributed by atoms with Crippen molar-refractivity contribution in [1.29, 1.82) is 0 Å². The molecule has 2 N–H and O–H groups in total. The van der Waals surface area contributed by atoms with Gasteiger partial charge in [0.1, 0.15) is 0 Å². The van der Waals surface area contributed by atoms with Crippen LogP contribution in [0.2, 0.25) is 0 Å². The van der Waals surface area contributed by atoms with Gasteiger partial charge in [0, 0.05) is 5.69 Å². The first kappa shape index (κ1) is 9.11. The number of nitrogen functional groups attached to an aromatic ring is 1. The molecule has 1 heteroatoms. The van der Waals surface area contributed by atoms with Crippen LogP contribution in [0.4, 0.5) is 5.69 Å². The van der Waals surface area contributed by atoms with E-state index in [1.54, 1.807) is 0 Å². The molecule has 0 fully saturated rings. The molecule has 1 aromatic carbocycles. The summed E-state index contributed by atoms with van der Waals surface area (Å²) in [7, 11) is 0. The lowest BCUT2D eigenvalue weighted by Gasteiger charge is -2.18. The van der Waals surface area contributed by atoms with E-state index in [1.807, 2.05) is 18.2 Å². The van der Waals surface area contributed by atoms with Gasteiger partial charge in [0.05, 0.1) is 0 Å². The Kier molecular flexibility index (Phi) is 2.41. The summed E-state index contributed by atoms with van der Waals surface area (Å²) in [5.74, 6) is 0. The van der Waals surface area contributed by atoms with Gasteiger partial charge in [0.15, 0.2) is 0 Å². The second-order valence-electron chi connectivity index (χ2n) is 4.48. The Morgan fingerprint density at radius 3 is 2.42 bits per heavy atom. The van der Waals surface area contributed by atoms with Crippen molar-refractivity contribution in [1.82, 2.24) is 0 Å². The van der Waals surface area contributed by atoms with E-state index in [1.165, 1.54) is 5.56 Å². The molecule has 0 aliphatic heterocycles. The summed E-state index contributed by atoms with van der Waals surface area (Å²) in [6.07, 6.45) is 1.08. The molecule has 0 aromatic heterocycles. The van der Waals surface area contributed by atoms with Crippen LogP contribution >= 0.6 is 0 Å². The lowest BCUT2D eigenvalue weighted by Crippen LogP contribution is -2.09. The number of anilines is 1. The Morgan fingerprint density at radius 1 is 1.25 bits per heavy atom. The minimum absolute atomic E-state index is 0.341. The molecule has 0 unspecified atom stereocenters. The predicted octanol–water partition coefficient (Wildman–Crippen LogP) is 2.86. The highest BCUT2D eigenvalue weighted by Crippen LogP contribution is 2.21. The first-order valence-electron chi connectivity index (χ1n) is 4.32. The van der Waals surface area contributed by atoms with E-state index in [2.05, 4.69) is 26.8 Å². The van der Waals surface area contributed by atoms with E-state index in [0.717, 1.165) is 12.1 Å². The second-order valence-corrected chi connectivity index (χ2v) is 4.48. The van der Waals surface area contributed by atoms with Crippen molar-refractivity contribution in [2.24, 2.45) is 5.41 Å². The third-order valence-corrected chi connectivity index (χ3v) is 1.69. The van der Waals surface area contributed by atoms with Crippen molar-refractivity contribution < 1.29 is 0 Å². The molecule has 66 valence electrons. The average molecular weight is 163 g/mol. The van der Waals surface area contributed by atoms with Crippen LogP contribution in [0, 0.1) is 5.41 Å². The number of hydrogen-bond acceptors (Lipinski definition) is 1. The fourth-order valence-corrected chi connectivity index (χ4v) is 1.32. The second kappa shape index (κ2) is 3.18. The summed E-state index contributed by atoms with van der Waals surface area (Å²) < 4.78 is 0. The van der Waals surface area contributed by atoms with Crippen molar-refractivity contribution in [3.8, 4) is 0 Å². The van der Waals surface area contributed by atoms with Crippen LogP contribution < -0.4 is 5.73 Å². The van der Waals surface area contributed by atoms with Crippen LogP contribution in [0.3, 0.4) is 0 Å². The molecule has 0 bridgehead atoms. The standard InChI is InChI=1S/C11H17N/c1-11(2,3)8-9-5-4-6-10(12)7-9/h4-7H,8,12H2,1-3H3. The van der Waals surface area contributed by atoms with Gasteiger partial charge in [-0.05, 0) is 29.5 Å². The van der Waals surface area contributed by atoms with Crippen LogP contribution in [-0.4, -0.2) is 0 Å². The van der Waals surface area contributed by atoms with Gasteiger partial charge in [-0.25, -0.2) is 0 Å². The maximum atomic E-state index is 5.68. The first-order chi connectivity index (χ1) is 5.47. The van der Waals surface area contributed by atoms with Crippen molar-refractivity contribution in [3.63, 3.8) is 0 Å². The molecule has 1 rings (SSSR count). The first-order valence-corrected chi connectivity index (χ1v) is 4.32. The Labute approximate surface area is 74.6 Å². The predicted molar refractivity (Wildman–Crippen MR) is 54.0 cm³/mol. The molecule has 0 aliphatic rings. The highest BCUT2D eigenvalue weighted by atomic mass is 14.5. The third kappa shape index (κ3) is 2.95. The largest absolute Gasteiger partial charge is 0.399 e. The molecule has 0 atom stereocenters. The lowest BCUT2D eigenvalue weighted by molar-refractivity contribution is 0.411. The van der Waals surface area contributed by atoms with Gasteiger partial charge in [0.25, 0.3) is 0 Å². The van der Waals surface area contributed by atoms with Gasteiger partial charge in [-0.1, -0.05) is 32.9 Å². The quantitative estimate of drug-likeness (QED) is 0.633. The molecule has 1 nitrogen and oxygen atoms in total. The van der Waals surface area contributed by atoms with E-state index < -0.39 is 0 Å².